The van der Waals surface area contributed by atoms with Crippen LogP contribution in [0.25, 0.3) is 0 Å². The van der Waals surface area contributed by atoms with E-state index in [1.807, 2.05) is 0 Å². The first-order chi connectivity index (χ1) is 7.16. The maximum absolute atomic E-state index is 11.6. The monoisotopic (exact) mass is 203 g/mol. The molecule has 0 unspecified atom stereocenters. The summed E-state index contributed by atoms with van der Waals surface area (Å²) < 4.78 is 0. The number of Topliss-reactive ketones (excluding diaryl/α,β-unsaturated/α-hetero) is 1. The van der Waals surface area contributed by atoms with Gasteiger partial charge in [0.25, 0.3) is 0 Å². The van der Waals surface area contributed by atoms with Crippen LogP contribution in [0.5, 0.6) is 0 Å². The van der Waals surface area contributed by atoms with Crippen LogP contribution < -0.4 is 0 Å². The topological polar surface area (TPSA) is 66.7 Å². The number of fused-ring (bicyclic) bond motifs is 1. The standard InChI is InChI=1S/C11H9NO3/c13-10-5-7(6-11(14)15)12-9-4-2-1-3-8(9)10/h1-4H,5-6H2,(H,14,15). The largest absolute Gasteiger partial charge is 0.481 e. The van der Waals surface area contributed by atoms with Gasteiger partial charge in [0.1, 0.15) is 0 Å². The van der Waals surface area contributed by atoms with Gasteiger partial charge in [-0.2, -0.15) is 0 Å². The molecule has 0 amide bonds. The molecular weight excluding hydrogens is 194 g/mol. The first-order valence-electron chi connectivity index (χ1n) is 4.57. The number of carboxylic acids is 1. The zero-order valence-electron chi connectivity index (χ0n) is 7.93. The fourth-order valence-electron chi connectivity index (χ4n) is 1.57. The number of hydrogen-bond donors (Lipinski definition) is 1. The van der Waals surface area contributed by atoms with E-state index < -0.39 is 5.97 Å². The Morgan fingerprint density at radius 3 is 2.87 bits per heavy atom. The average molecular weight is 203 g/mol. The van der Waals surface area contributed by atoms with Crippen LogP contribution in [-0.4, -0.2) is 22.6 Å². The van der Waals surface area contributed by atoms with Crippen LogP contribution in [0, 0.1) is 0 Å². The van der Waals surface area contributed by atoms with Crippen LogP contribution >= 0.6 is 0 Å². The van der Waals surface area contributed by atoms with Crippen molar-refractivity contribution in [2.24, 2.45) is 4.99 Å². The van der Waals surface area contributed by atoms with Gasteiger partial charge in [0.05, 0.1) is 18.5 Å². The number of ketones is 1. The fourth-order valence-corrected chi connectivity index (χ4v) is 1.57. The highest BCUT2D eigenvalue weighted by atomic mass is 16.4. The van der Waals surface area contributed by atoms with Crippen molar-refractivity contribution in [3.05, 3.63) is 29.8 Å². The van der Waals surface area contributed by atoms with Gasteiger partial charge in [-0.1, -0.05) is 12.1 Å². The van der Waals surface area contributed by atoms with Crippen molar-refractivity contribution >= 4 is 23.2 Å². The van der Waals surface area contributed by atoms with Gasteiger partial charge >= 0.3 is 5.97 Å². The highest BCUT2D eigenvalue weighted by Gasteiger charge is 2.20. The van der Waals surface area contributed by atoms with Crippen molar-refractivity contribution in [2.45, 2.75) is 12.8 Å². The Morgan fingerprint density at radius 1 is 1.40 bits per heavy atom. The van der Waals surface area contributed by atoms with Crippen molar-refractivity contribution in [3.8, 4) is 0 Å². The third kappa shape index (κ3) is 1.93. The number of aliphatic imine (C=N–C) groups is 1. The van der Waals surface area contributed by atoms with Crippen LogP contribution in [0.4, 0.5) is 5.69 Å². The number of benzene rings is 1. The molecule has 0 aliphatic carbocycles. The van der Waals surface area contributed by atoms with E-state index in [0.29, 0.717) is 17.0 Å². The number of aliphatic carboxylic acids is 1. The molecule has 1 heterocycles. The minimum absolute atomic E-state index is 0.0585. The summed E-state index contributed by atoms with van der Waals surface area (Å²) in [4.78, 5) is 26.2. The number of carbonyl (C=O) groups is 2. The molecule has 15 heavy (non-hydrogen) atoms. The quantitative estimate of drug-likeness (QED) is 0.797. The minimum atomic E-state index is -0.957. The van der Waals surface area contributed by atoms with E-state index in [1.54, 1.807) is 24.3 Å². The Balaban J connectivity index is 2.38. The lowest BCUT2D eigenvalue weighted by Crippen LogP contribution is -2.16. The molecule has 0 aromatic heterocycles. The second-order valence-electron chi connectivity index (χ2n) is 3.37. The van der Waals surface area contributed by atoms with Gasteiger partial charge in [-0.25, -0.2) is 0 Å². The van der Waals surface area contributed by atoms with Gasteiger partial charge < -0.3 is 5.11 Å². The van der Waals surface area contributed by atoms with E-state index in [1.165, 1.54) is 0 Å². The summed E-state index contributed by atoms with van der Waals surface area (Å²) in [6.45, 7) is 0. The summed E-state index contributed by atoms with van der Waals surface area (Å²) in [6, 6.07) is 6.97. The van der Waals surface area contributed by atoms with E-state index in [4.69, 9.17) is 5.11 Å². The van der Waals surface area contributed by atoms with E-state index in [2.05, 4.69) is 4.99 Å². The highest BCUT2D eigenvalue weighted by molar-refractivity contribution is 6.18. The first kappa shape index (κ1) is 9.58. The number of carbonyl (C=O) groups excluding carboxylic acids is 1. The summed E-state index contributed by atoms with van der Waals surface area (Å²) in [7, 11) is 0. The highest BCUT2D eigenvalue weighted by Crippen LogP contribution is 2.25. The summed E-state index contributed by atoms with van der Waals surface area (Å²) in [5.74, 6) is -1.02. The van der Waals surface area contributed by atoms with Gasteiger partial charge in [0.15, 0.2) is 5.78 Å². The Labute approximate surface area is 86.3 Å². The van der Waals surface area contributed by atoms with Gasteiger partial charge in [0, 0.05) is 11.3 Å². The third-order valence-electron chi connectivity index (χ3n) is 2.20. The minimum Gasteiger partial charge on any atom is -0.481 e. The molecule has 1 aliphatic heterocycles. The Bertz CT molecular complexity index is 463. The van der Waals surface area contributed by atoms with E-state index in [9.17, 15) is 9.59 Å². The molecule has 0 saturated heterocycles. The van der Waals surface area contributed by atoms with Gasteiger partial charge in [0.2, 0.25) is 0 Å². The average Bonchev–Trinajstić information content (AvgIpc) is 2.16. The van der Waals surface area contributed by atoms with Crippen LogP contribution in [0.3, 0.4) is 0 Å². The normalized spacial score (nSPS) is 14.4. The molecule has 0 atom stereocenters. The fraction of sp³-hybridized carbons (Fsp3) is 0.182. The lowest BCUT2D eigenvalue weighted by molar-refractivity contribution is -0.135. The summed E-state index contributed by atoms with van der Waals surface area (Å²) in [5.41, 5.74) is 1.57. The van der Waals surface area contributed by atoms with Gasteiger partial charge in [-0.15, -0.1) is 0 Å². The Kier molecular flexibility index (Phi) is 2.33. The predicted molar refractivity (Wildman–Crippen MR) is 54.7 cm³/mol. The van der Waals surface area contributed by atoms with Crippen molar-refractivity contribution in [1.82, 2.24) is 0 Å². The number of nitrogens with zero attached hydrogens (tertiary/aromatic N) is 1. The molecular formula is C11H9NO3. The maximum atomic E-state index is 11.6. The molecule has 0 fully saturated rings. The van der Waals surface area contributed by atoms with Crippen molar-refractivity contribution in [3.63, 3.8) is 0 Å². The Hall–Kier alpha value is -1.97. The zero-order valence-corrected chi connectivity index (χ0v) is 7.93. The molecule has 4 nitrogen and oxygen atoms in total. The van der Waals surface area contributed by atoms with E-state index in [-0.39, 0.29) is 18.6 Å². The van der Waals surface area contributed by atoms with Gasteiger partial charge in [-0.05, 0) is 12.1 Å². The van der Waals surface area contributed by atoms with E-state index >= 15 is 0 Å². The van der Waals surface area contributed by atoms with Crippen molar-refractivity contribution in [1.29, 1.82) is 0 Å². The van der Waals surface area contributed by atoms with Gasteiger partial charge in [-0.3, -0.25) is 14.6 Å². The summed E-state index contributed by atoms with van der Waals surface area (Å²) in [5, 5.41) is 8.61. The van der Waals surface area contributed by atoms with Crippen LogP contribution in [0.2, 0.25) is 0 Å². The SMILES string of the molecule is O=C(O)CC1=Nc2ccccc2C(=O)C1. The summed E-state index contributed by atoms with van der Waals surface area (Å²) in [6.07, 6.45) is -0.0522. The third-order valence-corrected chi connectivity index (χ3v) is 2.20. The Morgan fingerprint density at radius 2 is 2.13 bits per heavy atom. The molecule has 1 aliphatic rings. The maximum Gasteiger partial charge on any atom is 0.309 e. The molecule has 0 spiro atoms. The molecule has 0 radical (unpaired) electrons. The smallest absolute Gasteiger partial charge is 0.309 e. The molecule has 4 heteroatoms. The first-order valence-corrected chi connectivity index (χ1v) is 4.57. The second-order valence-corrected chi connectivity index (χ2v) is 3.37. The number of para-hydroxylation sites is 1. The van der Waals surface area contributed by atoms with E-state index in [0.717, 1.165) is 0 Å². The molecule has 1 aromatic carbocycles. The van der Waals surface area contributed by atoms with Crippen LogP contribution in [-0.2, 0) is 4.79 Å². The lowest BCUT2D eigenvalue weighted by Gasteiger charge is -2.12. The number of rotatable bonds is 2. The predicted octanol–water partition coefficient (Wildman–Crippen LogP) is 1.82. The number of carboxylic acid groups (broad SMARTS) is 1. The molecule has 0 saturated carbocycles. The molecule has 2 rings (SSSR count). The van der Waals surface area contributed by atoms with Crippen molar-refractivity contribution in [2.75, 3.05) is 0 Å². The molecule has 1 N–H and O–H groups in total. The summed E-state index contributed by atoms with van der Waals surface area (Å²) >= 11 is 0. The second kappa shape index (κ2) is 3.65. The van der Waals surface area contributed by atoms with Crippen molar-refractivity contribution < 1.29 is 14.7 Å². The lowest BCUT2D eigenvalue weighted by atomic mass is 9.99. The molecule has 1 aromatic rings. The number of hydrogen-bond acceptors (Lipinski definition) is 3. The molecule has 76 valence electrons. The van der Waals surface area contributed by atoms with Crippen LogP contribution in [0.1, 0.15) is 23.2 Å². The van der Waals surface area contributed by atoms with Crippen LogP contribution in [0.15, 0.2) is 29.3 Å². The molecule has 0 bridgehead atoms. The zero-order chi connectivity index (χ0) is 10.8.